The predicted octanol–water partition coefficient (Wildman–Crippen LogP) is 3.28. The molecule has 0 spiro atoms. The molecule has 0 aliphatic carbocycles. The minimum Gasteiger partial charge on any atom is -0.411 e. The van der Waals surface area contributed by atoms with Crippen LogP contribution in [0.2, 0.25) is 0 Å². The van der Waals surface area contributed by atoms with Gasteiger partial charge in [-0.2, -0.15) is 0 Å². The van der Waals surface area contributed by atoms with Crippen LogP contribution in [0.15, 0.2) is 58.2 Å². The Balaban J connectivity index is 1.26. The SMILES string of the molecule is CC(=O)N1CCN(c2ccc(NC(=O)CSc3nnc(-c4cccc(F)c4)o3)cc2)CC1. The average Bonchev–Trinajstić information content (AvgIpc) is 3.28. The average molecular weight is 456 g/mol. The molecule has 2 heterocycles. The number of aromatic nitrogens is 2. The summed E-state index contributed by atoms with van der Waals surface area (Å²) in [6.07, 6.45) is 0. The van der Waals surface area contributed by atoms with E-state index in [0.717, 1.165) is 30.5 Å². The summed E-state index contributed by atoms with van der Waals surface area (Å²) in [5.74, 6) is -0.195. The van der Waals surface area contributed by atoms with Gasteiger partial charge in [-0.3, -0.25) is 9.59 Å². The van der Waals surface area contributed by atoms with Gasteiger partial charge in [0.05, 0.1) is 5.75 Å². The van der Waals surface area contributed by atoms with Gasteiger partial charge in [-0.05, 0) is 42.5 Å². The van der Waals surface area contributed by atoms with Crippen molar-refractivity contribution in [1.29, 1.82) is 0 Å². The van der Waals surface area contributed by atoms with Gasteiger partial charge in [-0.25, -0.2) is 4.39 Å². The molecular weight excluding hydrogens is 433 g/mol. The van der Waals surface area contributed by atoms with Gasteiger partial charge in [0.25, 0.3) is 5.22 Å². The number of nitrogens with zero attached hydrogens (tertiary/aromatic N) is 4. The number of rotatable bonds is 6. The van der Waals surface area contributed by atoms with Crippen LogP contribution in [0.4, 0.5) is 15.8 Å². The Morgan fingerprint density at radius 1 is 1.09 bits per heavy atom. The molecule has 166 valence electrons. The first-order valence-electron chi connectivity index (χ1n) is 10.1. The topological polar surface area (TPSA) is 91.6 Å². The minimum absolute atomic E-state index is 0.0968. The molecule has 8 nitrogen and oxygen atoms in total. The number of carbonyl (C=O) groups excluding carboxylic acids is 2. The highest BCUT2D eigenvalue weighted by atomic mass is 32.2. The van der Waals surface area contributed by atoms with E-state index < -0.39 is 5.82 Å². The molecule has 0 radical (unpaired) electrons. The van der Waals surface area contributed by atoms with Crippen LogP contribution in [0.5, 0.6) is 0 Å². The van der Waals surface area contributed by atoms with Gasteiger partial charge in [-0.1, -0.05) is 17.8 Å². The van der Waals surface area contributed by atoms with E-state index in [0.29, 0.717) is 24.3 Å². The minimum atomic E-state index is -0.390. The van der Waals surface area contributed by atoms with Crippen LogP contribution >= 0.6 is 11.8 Å². The summed E-state index contributed by atoms with van der Waals surface area (Å²) in [7, 11) is 0. The summed E-state index contributed by atoms with van der Waals surface area (Å²) < 4.78 is 18.8. The molecule has 1 aromatic heterocycles. The summed E-state index contributed by atoms with van der Waals surface area (Å²) >= 11 is 1.11. The van der Waals surface area contributed by atoms with E-state index >= 15 is 0 Å². The second-order valence-electron chi connectivity index (χ2n) is 7.26. The van der Waals surface area contributed by atoms with Crippen LogP contribution < -0.4 is 10.2 Å². The van der Waals surface area contributed by atoms with Crippen molar-refractivity contribution in [3.05, 3.63) is 54.3 Å². The fourth-order valence-corrected chi connectivity index (χ4v) is 3.93. The summed E-state index contributed by atoms with van der Waals surface area (Å²) in [5.41, 5.74) is 2.22. The zero-order chi connectivity index (χ0) is 22.5. The molecule has 1 N–H and O–H groups in total. The highest BCUT2D eigenvalue weighted by Gasteiger charge is 2.19. The number of nitrogens with one attached hydrogen (secondary N) is 1. The van der Waals surface area contributed by atoms with Gasteiger partial charge in [0, 0.05) is 50.0 Å². The van der Waals surface area contributed by atoms with Crippen LogP contribution in [0.1, 0.15) is 6.92 Å². The number of amides is 2. The molecule has 4 rings (SSSR count). The van der Waals surface area contributed by atoms with E-state index in [-0.39, 0.29) is 28.7 Å². The summed E-state index contributed by atoms with van der Waals surface area (Å²) in [4.78, 5) is 27.8. The fourth-order valence-electron chi connectivity index (χ4n) is 3.37. The maximum atomic E-state index is 13.3. The lowest BCUT2D eigenvalue weighted by Gasteiger charge is -2.35. The maximum absolute atomic E-state index is 13.3. The zero-order valence-corrected chi connectivity index (χ0v) is 18.3. The highest BCUT2D eigenvalue weighted by Crippen LogP contribution is 2.24. The monoisotopic (exact) mass is 455 g/mol. The van der Waals surface area contributed by atoms with Crippen molar-refractivity contribution in [2.45, 2.75) is 12.1 Å². The van der Waals surface area contributed by atoms with E-state index in [1.807, 2.05) is 29.2 Å². The van der Waals surface area contributed by atoms with Crippen molar-refractivity contribution in [3.8, 4) is 11.5 Å². The van der Waals surface area contributed by atoms with Crippen molar-refractivity contribution in [2.75, 3.05) is 42.1 Å². The van der Waals surface area contributed by atoms with Crippen molar-refractivity contribution in [1.82, 2.24) is 15.1 Å². The number of benzene rings is 2. The standard InChI is InChI=1S/C22H22FN5O3S/c1-15(29)27-9-11-28(12-10-27)19-7-5-18(6-8-19)24-20(30)14-32-22-26-25-21(31-22)16-3-2-4-17(23)13-16/h2-8,13H,9-12,14H2,1H3,(H,24,30). The Kier molecular flexibility index (Phi) is 6.69. The first kappa shape index (κ1) is 21.8. The van der Waals surface area contributed by atoms with E-state index in [9.17, 15) is 14.0 Å². The molecule has 1 aliphatic heterocycles. The molecule has 1 saturated heterocycles. The molecular formula is C22H22FN5O3S. The molecule has 32 heavy (non-hydrogen) atoms. The van der Waals surface area contributed by atoms with E-state index in [1.165, 1.54) is 12.1 Å². The Labute approximate surface area is 188 Å². The maximum Gasteiger partial charge on any atom is 0.277 e. The Bertz CT molecular complexity index is 1100. The smallest absolute Gasteiger partial charge is 0.277 e. The molecule has 0 bridgehead atoms. The summed E-state index contributed by atoms with van der Waals surface area (Å²) in [6, 6.07) is 13.5. The van der Waals surface area contributed by atoms with Crippen molar-refractivity contribution < 1.29 is 18.4 Å². The van der Waals surface area contributed by atoms with E-state index in [2.05, 4.69) is 20.4 Å². The third-order valence-corrected chi connectivity index (χ3v) is 5.86. The quantitative estimate of drug-likeness (QED) is 0.571. The van der Waals surface area contributed by atoms with E-state index in [1.54, 1.807) is 19.1 Å². The first-order chi connectivity index (χ1) is 15.5. The van der Waals surface area contributed by atoms with Gasteiger partial charge < -0.3 is 19.5 Å². The molecule has 10 heteroatoms. The molecule has 2 amide bonds. The molecule has 0 unspecified atom stereocenters. The van der Waals surface area contributed by atoms with Crippen LogP contribution in [0.25, 0.3) is 11.5 Å². The third kappa shape index (κ3) is 5.44. The Morgan fingerprint density at radius 2 is 1.84 bits per heavy atom. The van der Waals surface area contributed by atoms with Crippen molar-refractivity contribution in [3.63, 3.8) is 0 Å². The van der Waals surface area contributed by atoms with Crippen LogP contribution in [-0.2, 0) is 9.59 Å². The Hall–Kier alpha value is -3.40. The zero-order valence-electron chi connectivity index (χ0n) is 17.5. The van der Waals surface area contributed by atoms with Crippen molar-refractivity contribution >= 4 is 35.0 Å². The van der Waals surface area contributed by atoms with Crippen molar-refractivity contribution in [2.24, 2.45) is 0 Å². The lowest BCUT2D eigenvalue weighted by atomic mass is 10.2. The van der Waals surface area contributed by atoms with Crippen LogP contribution in [0.3, 0.4) is 0 Å². The Morgan fingerprint density at radius 3 is 2.53 bits per heavy atom. The number of piperazine rings is 1. The molecule has 3 aromatic rings. The number of anilines is 2. The van der Waals surface area contributed by atoms with E-state index in [4.69, 9.17) is 4.42 Å². The van der Waals surface area contributed by atoms with Crippen LogP contribution in [-0.4, -0.2) is 58.8 Å². The second-order valence-corrected chi connectivity index (χ2v) is 8.19. The van der Waals surface area contributed by atoms with Gasteiger partial charge in [0.1, 0.15) is 5.82 Å². The fraction of sp³-hybridized carbons (Fsp3) is 0.273. The largest absolute Gasteiger partial charge is 0.411 e. The predicted molar refractivity (Wildman–Crippen MR) is 120 cm³/mol. The number of carbonyl (C=O) groups is 2. The first-order valence-corrected chi connectivity index (χ1v) is 11.1. The number of thioether (sulfide) groups is 1. The number of hydrogen-bond donors (Lipinski definition) is 1. The molecule has 2 aromatic carbocycles. The normalized spacial score (nSPS) is 13.8. The molecule has 1 aliphatic rings. The molecule has 1 fully saturated rings. The summed E-state index contributed by atoms with van der Waals surface area (Å²) in [5, 5.41) is 10.9. The third-order valence-electron chi connectivity index (χ3n) is 5.05. The summed E-state index contributed by atoms with van der Waals surface area (Å²) in [6.45, 7) is 4.57. The molecule has 0 saturated carbocycles. The number of hydrogen-bond acceptors (Lipinski definition) is 7. The second kappa shape index (κ2) is 9.82. The van der Waals surface area contributed by atoms with Gasteiger partial charge in [0.15, 0.2) is 0 Å². The number of halogens is 1. The van der Waals surface area contributed by atoms with Gasteiger partial charge >= 0.3 is 0 Å². The van der Waals surface area contributed by atoms with Crippen LogP contribution in [0, 0.1) is 5.82 Å². The lowest BCUT2D eigenvalue weighted by Crippen LogP contribution is -2.48. The lowest BCUT2D eigenvalue weighted by molar-refractivity contribution is -0.129. The van der Waals surface area contributed by atoms with Gasteiger partial charge in [0.2, 0.25) is 17.7 Å². The highest BCUT2D eigenvalue weighted by molar-refractivity contribution is 7.99. The van der Waals surface area contributed by atoms with Gasteiger partial charge in [-0.15, -0.1) is 10.2 Å². The molecule has 0 atom stereocenters.